The van der Waals surface area contributed by atoms with Crippen LogP contribution in [0.2, 0.25) is 0 Å². The zero-order valence-electron chi connectivity index (χ0n) is 10.6. The van der Waals surface area contributed by atoms with Gasteiger partial charge < -0.3 is 9.64 Å². The number of carbonyl (C=O) groups is 1. The number of aldehydes is 1. The van der Waals surface area contributed by atoms with E-state index in [1.54, 1.807) is 0 Å². The summed E-state index contributed by atoms with van der Waals surface area (Å²) in [6, 6.07) is 10.1. The van der Waals surface area contributed by atoms with Gasteiger partial charge in [-0.05, 0) is 19.1 Å². The van der Waals surface area contributed by atoms with Crippen molar-refractivity contribution in [3.05, 3.63) is 30.3 Å². The highest BCUT2D eigenvalue weighted by molar-refractivity contribution is 5.66. The van der Waals surface area contributed by atoms with Crippen molar-refractivity contribution in [1.82, 2.24) is 4.90 Å². The van der Waals surface area contributed by atoms with Crippen LogP contribution in [0.1, 0.15) is 6.92 Å². The lowest BCUT2D eigenvalue weighted by atomic mass is 10.2. The predicted molar refractivity (Wildman–Crippen MR) is 69.6 cm³/mol. The Morgan fingerprint density at radius 1 is 1.39 bits per heavy atom. The van der Waals surface area contributed by atoms with Gasteiger partial charge in [0.05, 0.1) is 6.61 Å². The number of rotatable bonds is 4. The third-order valence-corrected chi connectivity index (χ3v) is 3.71. The van der Waals surface area contributed by atoms with E-state index in [0.29, 0.717) is 0 Å². The summed E-state index contributed by atoms with van der Waals surface area (Å²) in [4.78, 5) is 15.7. The van der Waals surface area contributed by atoms with Gasteiger partial charge in [-0.1, -0.05) is 18.2 Å². The zero-order valence-corrected chi connectivity index (χ0v) is 10.6. The molecule has 2 heterocycles. The zero-order chi connectivity index (χ0) is 12.6. The summed E-state index contributed by atoms with van der Waals surface area (Å²) < 4.78 is 5.42. The van der Waals surface area contributed by atoms with Crippen LogP contribution in [0.25, 0.3) is 0 Å². The predicted octanol–water partition coefficient (Wildman–Crippen LogP) is 1.12. The standard InChI is InChI=1S/C14H18N2O2/c1-14(11-18-14)10-15-7-8-16(13(15)9-17)12-5-3-2-4-6-12/h2-6,9,13H,7-8,10-11H2,1H3. The summed E-state index contributed by atoms with van der Waals surface area (Å²) in [6.07, 6.45) is 0.875. The fourth-order valence-corrected chi connectivity index (χ4v) is 2.58. The van der Waals surface area contributed by atoms with E-state index in [1.165, 1.54) is 0 Å². The summed E-state index contributed by atoms with van der Waals surface area (Å²) in [5.74, 6) is 0. The normalized spacial score (nSPS) is 31.6. The van der Waals surface area contributed by atoms with Crippen molar-refractivity contribution in [1.29, 1.82) is 0 Å². The number of anilines is 1. The van der Waals surface area contributed by atoms with Gasteiger partial charge in [-0.3, -0.25) is 9.69 Å². The molecule has 2 fully saturated rings. The summed E-state index contributed by atoms with van der Waals surface area (Å²) in [5, 5.41) is 0. The van der Waals surface area contributed by atoms with E-state index in [-0.39, 0.29) is 11.8 Å². The molecule has 96 valence electrons. The van der Waals surface area contributed by atoms with Gasteiger partial charge in [0, 0.05) is 25.3 Å². The molecule has 2 atom stereocenters. The number of nitrogens with zero attached hydrogens (tertiary/aromatic N) is 2. The monoisotopic (exact) mass is 246 g/mol. The van der Waals surface area contributed by atoms with E-state index >= 15 is 0 Å². The van der Waals surface area contributed by atoms with Crippen molar-refractivity contribution in [2.24, 2.45) is 0 Å². The molecule has 0 saturated carbocycles. The van der Waals surface area contributed by atoms with Gasteiger partial charge in [0.25, 0.3) is 0 Å². The molecule has 2 saturated heterocycles. The lowest BCUT2D eigenvalue weighted by molar-refractivity contribution is -0.111. The van der Waals surface area contributed by atoms with E-state index in [4.69, 9.17) is 4.74 Å². The van der Waals surface area contributed by atoms with Crippen molar-refractivity contribution in [3.63, 3.8) is 0 Å². The molecular weight excluding hydrogens is 228 g/mol. The third-order valence-electron chi connectivity index (χ3n) is 3.71. The second-order valence-corrected chi connectivity index (χ2v) is 5.29. The number of hydrogen-bond donors (Lipinski definition) is 0. The Balaban J connectivity index is 1.75. The Bertz CT molecular complexity index is 431. The second-order valence-electron chi connectivity index (χ2n) is 5.29. The highest BCUT2D eigenvalue weighted by atomic mass is 16.6. The summed E-state index contributed by atoms with van der Waals surface area (Å²) in [5.41, 5.74) is 1.08. The lowest BCUT2D eigenvalue weighted by Crippen LogP contribution is -2.43. The molecule has 0 spiro atoms. The molecule has 0 radical (unpaired) electrons. The number of epoxide rings is 1. The smallest absolute Gasteiger partial charge is 0.157 e. The van der Waals surface area contributed by atoms with Crippen LogP contribution in [0.3, 0.4) is 0 Å². The van der Waals surface area contributed by atoms with Crippen LogP contribution < -0.4 is 4.90 Å². The first kappa shape index (κ1) is 11.7. The Hall–Kier alpha value is -1.39. The second kappa shape index (κ2) is 4.37. The quantitative estimate of drug-likeness (QED) is 0.589. The van der Waals surface area contributed by atoms with Gasteiger partial charge in [-0.15, -0.1) is 0 Å². The van der Waals surface area contributed by atoms with Crippen LogP contribution in [0.5, 0.6) is 0 Å². The van der Waals surface area contributed by atoms with Crippen LogP contribution >= 0.6 is 0 Å². The molecular formula is C14H18N2O2. The number of benzene rings is 1. The molecule has 18 heavy (non-hydrogen) atoms. The molecule has 3 rings (SSSR count). The van der Waals surface area contributed by atoms with Crippen LogP contribution in [-0.2, 0) is 9.53 Å². The molecule has 0 bridgehead atoms. The fraction of sp³-hybridized carbons (Fsp3) is 0.500. The van der Waals surface area contributed by atoms with Crippen molar-refractivity contribution < 1.29 is 9.53 Å². The van der Waals surface area contributed by atoms with E-state index in [2.05, 4.69) is 28.9 Å². The Kier molecular flexibility index (Phi) is 2.84. The maximum atomic E-state index is 11.4. The molecule has 2 aliphatic rings. The van der Waals surface area contributed by atoms with E-state index in [9.17, 15) is 4.79 Å². The van der Waals surface area contributed by atoms with Crippen molar-refractivity contribution in [3.8, 4) is 0 Å². The Morgan fingerprint density at radius 2 is 2.11 bits per heavy atom. The highest BCUT2D eigenvalue weighted by Gasteiger charge is 2.44. The fourth-order valence-electron chi connectivity index (χ4n) is 2.58. The van der Waals surface area contributed by atoms with E-state index in [1.807, 2.05) is 18.2 Å². The maximum absolute atomic E-state index is 11.4. The average Bonchev–Trinajstić information content (AvgIpc) is 2.99. The van der Waals surface area contributed by atoms with Gasteiger partial charge in [0.1, 0.15) is 11.8 Å². The van der Waals surface area contributed by atoms with E-state index in [0.717, 1.165) is 38.2 Å². The average molecular weight is 246 g/mol. The Labute approximate surface area is 107 Å². The van der Waals surface area contributed by atoms with E-state index < -0.39 is 0 Å². The number of ether oxygens (including phenoxy) is 1. The topological polar surface area (TPSA) is 36.1 Å². The van der Waals surface area contributed by atoms with Gasteiger partial charge in [0.15, 0.2) is 6.29 Å². The molecule has 0 aliphatic carbocycles. The van der Waals surface area contributed by atoms with Gasteiger partial charge in [-0.2, -0.15) is 0 Å². The molecule has 2 unspecified atom stereocenters. The minimum absolute atomic E-state index is 0.0338. The highest BCUT2D eigenvalue weighted by Crippen LogP contribution is 2.30. The van der Waals surface area contributed by atoms with Crippen LogP contribution in [0.15, 0.2) is 30.3 Å². The first-order valence-electron chi connectivity index (χ1n) is 6.37. The SMILES string of the molecule is CC1(CN2CCN(c3ccccc3)C2C=O)CO1. The Morgan fingerprint density at radius 3 is 2.72 bits per heavy atom. The summed E-state index contributed by atoms with van der Waals surface area (Å²) >= 11 is 0. The van der Waals surface area contributed by atoms with Crippen molar-refractivity contribution in [2.45, 2.75) is 18.7 Å². The first-order chi connectivity index (χ1) is 8.72. The largest absolute Gasteiger partial charge is 0.369 e. The molecule has 0 N–H and O–H groups in total. The molecule has 4 nitrogen and oxygen atoms in total. The molecule has 1 aromatic carbocycles. The summed E-state index contributed by atoms with van der Waals surface area (Å²) in [7, 11) is 0. The van der Waals surface area contributed by atoms with Crippen molar-refractivity contribution in [2.75, 3.05) is 31.1 Å². The molecule has 2 aliphatic heterocycles. The van der Waals surface area contributed by atoms with Crippen LogP contribution in [0.4, 0.5) is 5.69 Å². The number of para-hydroxylation sites is 1. The van der Waals surface area contributed by atoms with Gasteiger partial charge in [0.2, 0.25) is 0 Å². The number of hydrogen-bond acceptors (Lipinski definition) is 4. The maximum Gasteiger partial charge on any atom is 0.157 e. The van der Waals surface area contributed by atoms with Crippen LogP contribution in [-0.4, -0.2) is 49.2 Å². The van der Waals surface area contributed by atoms with Gasteiger partial charge >= 0.3 is 0 Å². The molecule has 1 aromatic rings. The number of carbonyl (C=O) groups excluding carboxylic acids is 1. The molecule has 0 amide bonds. The van der Waals surface area contributed by atoms with Gasteiger partial charge in [-0.25, -0.2) is 0 Å². The van der Waals surface area contributed by atoms with Crippen LogP contribution in [0, 0.1) is 0 Å². The lowest BCUT2D eigenvalue weighted by Gasteiger charge is -2.28. The molecule has 4 heteroatoms. The molecule has 0 aromatic heterocycles. The minimum atomic E-state index is -0.159. The minimum Gasteiger partial charge on any atom is -0.369 e. The van der Waals surface area contributed by atoms with Crippen molar-refractivity contribution >= 4 is 12.0 Å². The first-order valence-corrected chi connectivity index (χ1v) is 6.37. The summed E-state index contributed by atoms with van der Waals surface area (Å²) in [6.45, 7) is 5.54. The third kappa shape index (κ3) is 2.13.